The third-order valence-electron chi connectivity index (χ3n) is 5.95. The van der Waals surface area contributed by atoms with E-state index in [-0.39, 0.29) is 30.8 Å². The van der Waals surface area contributed by atoms with Gasteiger partial charge in [0.05, 0.1) is 17.0 Å². The Hall–Kier alpha value is -3.18. The number of benzene rings is 3. The zero-order valence-electron chi connectivity index (χ0n) is 20.6. The monoisotopic (exact) mass is 522 g/mol. The van der Waals surface area contributed by atoms with Gasteiger partial charge in [0, 0.05) is 17.7 Å². The molecule has 6 heteroatoms. The second kappa shape index (κ2) is 14.4. The summed E-state index contributed by atoms with van der Waals surface area (Å²) in [6.45, 7) is 7.26. The van der Waals surface area contributed by atoms with E-state index in [4.69, 9.17) is 9.72 Å². The molecule has 0 spiro atoms. The lowest BCUT2D eigenvalue weighted by Gasteiger charge is -2.17. The first kappa shape index (κ1) is 29.1. The van der Waals surface area contributed by atoms with Crippen molar-refractivity contribution in [3.05, 3.63) is 103 Å². The van der Waals surface area contributed by atoms with Crippen molar-refractivity contribution in [2.24, 2.45) is 0 Å². The van der Waals surface area contributed by atoms with Crippen LogP contribution in [0.15, 0.2) is 97.1 Å². The van der Waals surface area contributed by atoms with Gasteiger partial charge in [0.25, 0.3) is 0 Å². The van der Waals surface area contributed by atoms with Crippen molar-refractivity contribution in [1.29, 1.82) is 0 Å². The fourth-order valence-electron chi connectivity index (χ4n) is 3.90. The van der Waals surface area contributed by atoms with Crippen LogP contribution < -0.4 is 0 Å². The van der Waals surface area contributed by atoms with Crippen LogP contribution in [0.4, 0.5) is 0 Å². The minimum Gasteiger partial charge on any atom is -0.461 e. The van der Waals surface area contributed by atoms with Gasteiger partial charge in [-0.05, 0) is 48.5 Å². The first-order valence-electron chi connectivity index (χ1n) is 11.8. The molecule has 1 aromatic heterocycles. The molecule has 0 aliphatic carbocycles. The fourth-order valence-corrected chi connectivity index (χ4v) is 3.90. The number of hydrogen-bond donors (Lipinski definition) is 0. The first-order chi connectivity index (χ1) is 16.7. The summed E-state index contributed by atoms with van der Waals surface area (Å²) in [5.41, 5.74) is 6.59. The van der Waals surface area contributed by atoms with E-state index in [1.807, 2.05) is 60.7 Å². The molecule has 0 fully saturated rings. The van der Waals surface area contributed by atoms with Gasteiger partial charge in [-0.25, -0.2) is 9.78 Å². The standard InChI is InChI=1S/C30H30N2O2.2ClH/c1-3-32(4-2)19-20-34-30(33)26-17-15-23(16-18-26)27-21-28(24-11-7-5-8-12-24)31-29(22-27)25-13-9-6-10-14-25;;/h5-18,21-22H,3-4,19-20H2,1-2H3;2*1H. The topological polar surface area (TPSA) is 42.4 Å². The molecule has 4 nitrogen and oxygen atoms in total. The number of aromatic nitrogens is 1. The van der Waals surface area contributed by atoms with Gasteiger partial charge in [0.2, 0.25) is 0 Å². The molecule has 0 N–H and O–H groups in total. The molecule has 4 rings (SSSR count). The molecule has 188 valence electrons. The summed E-state index contributed by atoms with van der Waals surface area (Å²) in [5.74, 6) is -0.289. The normalized spacial score (nSPS) is 10.3. The molecule has 0 radical (unpaired) electrons. The molecular formula is C30H32Cl2N2O2. The van der Waals surface area contributed by atoms with E-state index in [0.29, 0.717) is 12.2 Å². The number of hydrogen-bond acceptors (Lipinski definition) is 4. The maximum Gasteiger partial charge on any atom is 0.338 e. The molecule has 4 aromatic rings. The van der Waals surface area contributed by atoms with Crippen molar-refractivity contribution >= 4 is 30.8 Å². The van der Waals surface area contributed by atoms with Gasteiger partial charge in [0.1, 0.15) is 6.61 Å². The molecule has 0 bridgehead atoms. The van der Waals surface area contributed by atoms with Gasteiger partial charge in [-0.3, -0.25) is 0 Å². The average Bonchev–Trinajstić information content (AvgIpc) is 2.92. The van der Waals surface area contributed by atoms with Crippen molar-refractivity contribution in [2.45, 2.75) is 13.8 Å². The summed E-state index contributed by atoms with van der Waals surface area (Å²) < 4.78 is 5.47. The van der Waals surface area contributed by atoms with Gasteiger partial charge in [-0.2, -0.15) is 0 Å². The SMILES string of the molecule is CCN(CC)CCOC(=O)c1ccc(-c2cc(-c3ccccc3)nc(-c3ccccc3)c2)cc1.Cl.Cl. The predicted octanol–water partition coefficient (Wildman–Crippen LogP) is 7.42. The van der Waals surface area contributed by atoms with Gasteiger partial charge in [0.15, 0.2) is 0 Å². The van der Waals surface area contributed by atoms with Crippen LogP contribution in [-0.4, -0.2) is 42.1 Å². The van der Waals surface area contributed by atoms with Crippen LogP contribution in [0, 0.1) is 0 Å². The van der Waals surface area contributed by atoms with Crippen LogP contribution in [0.1, 0.15) is 24.2 Å². The van der Waals surface area contributed by atoms with E-state index in [2.05, 4.69) is 55.1 Å². The third-order valence-corrected chi connectivity index (χ3v) is 5.95. The summed E-state index contributed by atoms with van der Waals surface area (Å²) in [5, 5.41) is 0. The molecule has 36 heavy (non-hydrogen) atoms. The van der Waals surface area contributed by atoms with E-state index in [9.17, 15) is 4.79 Å². The van der Waals surface area contributed by atoms with Crippen molar-refractivity contribution in [2.75, 3.05) is 26.2 Å². The van der Waals surface area contributed by atoms with Crippen LogP contribution in [0.3, 0.4) is 0 Å². The lowest BCUT2D eigenvalue weighted by Crippen LogP contribution is -2.27. The van der Waals surface area contributed by atoms with Crippen LogP contribution in [0.2, 0.25) is 0 Å². The Bertz CT molecular complexity index is 1160. The van der Waals surface area contributed by atoms with Crippen molar-refractivity contribution < 1.29 is 9.53 Å². The average molecular weight is 524 g/mol. The Balaban J connectivity index is 0.00000228. The number of carbonyl (C=O) groups excluding carboxylic acids is 1. The zero-order valence-corrected chi connectivity index (χ0v) is 22.2. The van der Waals surface area contributed by atoms with Crippen LogP contribution in [0.25, 0.3) is 33.6 Å². The summed E-state index contributed by atoms with van der Waals surface area (Å²) in [6, 6.07) is 32.2. The Kier molecular flexibility index (Phi) is 11.6. The van der Waals surface area contributed by atoms with Crippen LogP contribution >= 0.6 is 24.8 Å². The Morgan fingerprint density at radius 1 is 0.694 bits per heavy atom. The second-order valence-corrected chi connectivity index (χ2v) is 8.10. The highest BCUT2D eigenvalue weighted by Gasteiger charge is 2.11. The molecule has 0 aliphatic heterocycles. The third kappa shape index (κ3) is 7.41. The number of likely N-dealkylation sites (N-methyl/N-ethyl adjacent to an activating group) is 1. The number of esters is 1. The molecule has 0 saturated carbocycles. The molecular weight excluding hydrogens is 491 g/mol. The van der Waals surface area contributed by atoms with Gasteiger partial charge in [-0.1, -0.05) is 86.6 Å². The maximum atomic E-state index is 12.5. The highest BCUT2D eigenvalue weighted by Crippen LogP contribution is 2.30. The lowest BCUT2D eigenvalue weighted by atomic mass is 9.99. The van der Waals surface area contributed by atoms with E-state index in [1.165, 1.54) is 0 Å². The minimum absolute atomic E-state index is 0. The minimum atomic E-state index is -0.289. The van der Waals surface area contributed by atoms with Crippen molar-refractivity contribution in [1.82, 2.24) is 9.88 Å². The molecule has 0 unspecified atom stereocenters. The number of rotatable bonds is 9. The molecule has 0 amide bonds. The van der Waals surface area contributed by atoms with E-state index >= 15 is 0 Å². The first-order valence-corrected chi connectivity index (χ1v) is 11.8. The summed E-state index contributed by atoms with van der Waals surface area (Å²) in [4.78, 5) is 19.6. The van der Waals surface area contributed by atoms with Crippen LogP contribution in [-0.2, 0) is 4.74 Å². The summed E-state index contributed by atoms with van der Waals surface area (Å²) in [6.07, 6.45) is 0. The van der Waals surface area contributed by atoms with E-state index < -0.39 is 0 Å². The molecule has 0 saturated heterocycles. The van der Waals surface area contributed by atoms with Gasteiger partial charge < -0.3 is 9.64 Å². The predicted molar refractivity (Wildman–Crippen MR) is 153 cm³/mol. The summed E-state index contributed by atoms with van der Waals surface area (Å²) >= 11 is 0. The van der Waals surface area contributed by atoms with E-state index in [1.54, 1.807) is 0 Å². The maximum absolute atomic E-state index is 12.5. The molecule has 0 aliphatic rings. The largest absolute Gasteiger partial charge is 0.461 e. The molecule has 0 atom stereocenters. The van der Waals surface area contributed by atoms with Gasteiger partial charge >= 0.3 is 5.97 Å². The van der Waals surface area contributed by atoms with Gasteiger partial charge in [-0.15, -0.1) is 24.8 Å². The molecule has 3 aromatic carbocycles. The Labute approximate surface area is 226 Å². The van der Waals surface area contributed by atoms with E-state index in [0.717, 1.165) is 53.3 Å². The number of pyridine rings is 1. The smallest absolute Gasteiger partial charge is 0.338 e. The fraction of sp³-hybridized carbons (Fsp3) is 0.200. The number of nitrogens with zero attached hydrogens (tertiary/aromatic N) is 2. The zero-order chi connectivity index (χ0) is 23.8. The Morgan fingerprint density at radius 3 is 1.67 bits per heavy atom. The summed E-state index contributed by atoms with van der Waals surface area (Å²) in [7, 11) is 0. The number of carbonyl (C=O) groups is 1. The van der Waals surface area contributed by atoms with Crippen molar-refractivity contribution in [3.8, 4) is 33.6 Å². The highest BCUT2D eigenvalue weighted by molar-refractivity contribution is 5.90. The quantitative estimate of drug-likeness (QED) is 0.214. The van der Waals surface area contributed by atoms with Crippen molar-refractivity contribution in [3.63, 3.8) is 0 Å². The molecule has 1 heterocycles. The lowest BCUT2D eigenvalue weighted by molar-refractivity contribution is 0.0466. The highest BCUT2D eigenvalue weighted by atomic mass is 35.5. The Morgan fingerprint density at radius 2 is 1.19 bits per heavy atom. The van der Waals surface area contributed by atoms with Crippen LogP contribution in [0.5, 0.6) is 0 Å². The number of halogens is 2. The second-order valence-electron chi connectivity index (χ2n) is 8.10. The number of ether oxygens (including phenoxy) is 1.